The summed E-state index contributed by atoms with van der Waals surface area (Å²) in [4.78, 5) is 0. The van der Waals surface area contributed by atoms with Crippen molar-refractivity contribution < 1.29 is 4.74 Å². The van der Waals surface area contributed by atoms with Gasteiger partial charge in [-0.3, -0.25) is 0 Å². The summed E-state index contributed by atoms with van der Waals surface area (Å²) in [6, 6.07) is 9.84. The van der Waals surface area contributed by atoms with Crippen molar-refractivity contribution in [2.24, 2.45) is 0 Å². The molecule has 3 nitrogen and oxygen atoms in total. The molecule has 1 aliphatic heterocycles. The maximum Gasteiger partial charge on any atom is 0.119 e. The minimum absolute atomic E-state index is 0.170. The van der Waals surface area contributed by atoms with E-state index in [4.69, 9.17) is 10.00 Å². The number of nitriles is 1. The van der Waals surface area contributed by atoms with E-state index in [1.807, 2.05) is 12.1 Å². The van der Waals surface area contributed by atoms with E-state index in [0.29, 0.717) is 11.6 Å². The van der Waals surface area contributed by atoms with Crippen LogP contribution in [-0.4, -0.2) is 18.7 Å². The lowest BCUT2D eigenvalue weighted by Crippen LogP contribution is -2.44. The van der Waals surface area contributed by atoms with Gasteiger partial charge in [-0.15, -0.1) is 0 Å². The Bertz CT molecular complexity index is 388. The lowest BCUT2D eigenvalue weighted by molar-refractivity contribution is 0.152. The first-order valence-electron chi connectivity index (χ1n) is 6.20. The summed E-state index contributed by atoms with van der Waals surface area (Å²) < 4.78 is 5.88. The Labute approximate surface area is 102 Å². The van der Waals surface area contributed by atoms with Crippen molar-refractivity contribution in [3.63, 3.8) is 0 Å². The predicted molar refractivity (Wildman–Crippen MR) is 66.9 cm³/mol. The second-order valence-corrected chi connectivity index (χ2v) is 4.52. The minimum Gasteiger partial charge on any atom is -0.489 e. The average molecular weight is 230 g/mol. The van der Waals surface area contributed by atoms with Gasteiger partial charge in [-0.1, -0.05) is 6.42 Å². The van der Waals surface area contributed by atoms with Crippen LogP contribution in [0.4, 0.5) is 0 Å². The monoisotopic (exact) mass is 230 g/mol. The molecule has 1 aromatic rings. The van der Waals surface area contributed by atoms with E-state index < -0.39 is 0 Å². The van der Waals surface area contributed by atoms with E-state index in [0.717, 1.165) is 12.3 Å². The molecule has 1 aliphatic rings. The number of hydrogen-bond donors (Lipinski definition) is 1. The number of nitrogens with zero attached hydrogens (tertiary/aromatic N) is 1. The third kappa shape index (κ3) is 3.21. The molecule has 0 saturated carbocycles. The molecule has 2 rings (SSSR count). The summed E-state index contributed by atoms with van der Waals surface area (Å²) in [6.45, 7) is 3.19. The molecule has 3 heteroatoms. The fourth-order valence-corrected chi connectivity index (χ4v) is 2.18. The highest BCUT2D eigenvalue weighted by atomic mass is 16.5. The molecule has 90 valence electrons. The highest BCUT2D eigenvalue weighted by Crippen LogP contribution is 2.18. The van der Waals surface area contributed by atoms with E-state index >= 15 is 0 Å². The predicted octanol–water partition coefficient (Wildman–Crippen LogP) is 2.47. The largest absolute Gasteiger partial charge is 0.489 e. The molecular formula is C14H18N2O. The zero-order valence-corrected chi connectivity index (χ0v) is 10.1. The van der Waals surface area contributed by atoms with Gasteiger partial charge < -0.3 is 10.1 Å². The second-order valence-electron chi connectivity index (χ2n) is 4.52. The number of hydrogen-bond acceptors (Lipinski definition) is 3. The van der Waals surface area contributed by atoms with Gasteiger partial charge in [0.05, 0.1) is 11.6 Å². The van der Waals surface area contributed by atoms with Gasteiger partial charge >= 0.3 is 0 Å². The Morgan fingerprint density at radius 2 is 2.12 bits per heavy atom. The van der Waals surface area contributed by atoms with Crippen LogP contribution in [0.2, 0.25) is 0 Å². The summed E-state index contributed by atoms with van der Waals surface area (Å²) in [5.41, 5.74) is 0.667. The average Bonchev–Trinajstić information content (AvgIpc) is 2.40. The van der Waals surface area contributed by atoms with Crippen LogP contribution in [0.1, 0.15) is 31.7 Å². The van der Waals surface area contributed by atoms with Crippen molar-refractivity contribution >= 4 is 0 Å². The third-order valence-corrected chi connectivity index (χ3v) is 3.22. The number of ether oxygens (including phenoxy) is 1. The summed E-state index contributed by atoms with van der Waals surface area (Å²) in [7, 11) is 0. The summed E-state index contributed by atoms with van der Waals surface area (Å²) in [6.07, 6.45) is 3.89. The van der Waals surface area contributed by atoms with E-state index in [1.165, 1.54) is 19.3 Å². The zero-order valence-electron chi connectivity index (χ0n) is 10.1. The van der Waals surface area contributed by atoms with E-state index in [-0.39, 0.29) is 6.10 Å². The van der Waals surface area contributed by atoms with E-state index in [1.54, 1.807) is 12.1 Å². The van der Waals surface area contributed by atoms with Crippen molar-refractivity contribution in [3.8, 4) is 11.8 Å². The zero-order chi connectivity index (χ0) is 12.1. The fraction of sp³-hybridized carbons (Fsp3) is 0.500. The number of rotatable bonds is 3. The van der Waals surface area contributed by atoms with Crippen LogP contribution in [0.5, 0.6) is 5.75 Å². The topological polar surface area (TPSA) is 45.0 Å². The fourth-order valence-electron chi connectivity index (χ4n) is 2.18. The van der Waals surface area contributed by atoms with E-state index in [9.17, 15) is 0 Å². The van der Waals surface area contributed by atoms with Crippen molar-refractivity contribution in [1.82, 2.24) is 5.32 Å². The van der Waals surface area contributed by atoms with Gasteiger partial charge in [-0.2, -0.15) is 5.26 Å². The molecule has 1 fully saturated rings. The highest BCUT2D eigenvalue weighted by molar-refractivity contribution is 5.34. The summed E-state index contributed by atoms with van der Waals surface area (Å²) in [5.74, 6) is 0.837. The Morgan fingerprint density at radius 3 is 2.71 bits per heavy atom. The standard InChI is InChI=1S/C14H18N2O/c1-11(14-4-2-3-9-16-14)17-13-7-5-12(10-15)6-8-13/h5-8,11,14,16H,2-4,9H2,1H3. The van der Waals surface area contributed by atoms with Crippen LogP contribution < -0.4 is 10.1 Å². The molecule has 1 aromatic carbocycles. The first-order valence-corrected chi connectivity index (χ1v) is 6.20. The van der Waals surface area contributed by atoms with Crippen LogP contribution in [-0.2, 0) is 0 Å². The van der Waals surface area contributed by atoms with Gasteiger partial charge in [-0.05, 0) is 50.6 Å². The van der Waals surface area contributed by atoms with Crippen LogP contribution in [0.15, 0.2) is 24.3 Å². The number of benzene rings is 1. The molecule has 0 radical (unpaired) electrons. The molecule has 0 spiro atoms. The molecular weight excluding hydrogens is 212 g/mol. The molecule has 0 aliphatic carbocycles. The van der Waals surface area contributed by atoms with Crippen molar-refractivity contribution in [1.29, 1.82) is 5.26 Å². The Balaban J connectivity index is 1.92. The molecule has 0 aromatic heterocycles. The number of piperidine rings is 1. The SMILES string of the molecule is CC(Oc1ccc(C#N)cc1)C1CCCCN1. The quantitative estimate of drug-likeness (QED) is 0.867. The Morgan fingerprint density at radius 1 is 1.35 bits per heavy atom. The smallest absolute Gasteiger partial charge is 0.119 e. The summed E-state index contributed by atoms with van der Waals surface area (Å²) >= 11 is 0. The summed E-state index contributed by atoms with van der Waals surface area (Å²) in [5, 5.41) is 12.2. The van der Waals surface area contributed by atoms with Crippen LogP contribution in [0, 0.1) is 11.3 Å². The molecule has 2 atom stereocenters. The Hall–Kier alpha value is -1.53. The first-order chi connectivity index (χ1) is 8.29. The lowest BCUT2D eigenvalue weighted by Gasteiger charge is -2.29. The van der Waals surface area contributed by atoms with E-state index in [2.05, 4.69) is 18.3 Å². The molecule has 1 N–H and O–H groups in total. The van der Waals surface area contributed by atoms with Gasteiger partial charge in [0, 0.05) is 6.04 Å². The second kappa shape index (κ2) is 5.70. The minimum atomic E-state index is 0.170. The molecule has 2 unspecified atom stereocenters. The normalized spacial score (nSPS) is 21.5. The van der Waals surface area contributed by atoms with Crippen LogP contribution in [0.3, 0.4) is 0 Å². The Kier molecular flexibility index (Phi) is 4.00. The van der Waals surface area contributed by atoms with Crippen molar-refractivity contribution in [2.75, 3.05) is 6.54 Å². The van der Waals surface area contributed by atoms with Crippen molar-refractivity contribution in [3.05, 3.63) is 29.8 Å². The maximum absolute atomic E-state index is 8.71. The van der Waals surface area contributed by atoms with Crippen LogP contribution >= 0.6 is 0 Å². The third-order valence-electron chi connectivity index (χ3n) is 3.22. The van der Waals surface area contributed by atoms with Gasteiger partial charge in [0.15, 0.2) is 0 Å². The molecule has 1 heterocycles. The van der Waals surface area contributed by atoms with Crippen LogP contribution in [0.25, 0.3) is 0 Å². The number of nitrogens with one attached hydrogen (secondary N) is 1. The van der Waals surface area contributed by atoms with Gasteiger partial charge in [0.1, 0.15) is 11.9 Å². The van der Waals surface area contributed by atoms with Gasteiger partial charge in [-0.25, -0.2) is 0 Å². The maximum atomic E-state index is 8.71. The lowest BCUT2D eigenvalue weighted by atomic mass is 10.0. The molecule has 0 amide bonds. The highest BCUT2D eigenvalue weighted by Gasteiger charge is 2.20. The molecule has 17 heavy (non-hydrogen) atoms. The molecule has 0 bridgehead atoms. The van der Waals surface area contributed by atoms with Gasteiger partial charge in [0.2, 0.25) is 0 Å². The molecule has 1 saturated heterocycles. The van der Waals surface area contributed by atoms with Crippen molar-refractivity contribution in [2.45, 2.75) is 38.3 Å². The first kappa shape index (κ1) is 11.9. The van der Waals surface area contributed by atoms with Gasteiger partial charge in [0.25, 0.3) is 0 Å².